The van der Waals surface area contributed by atoms with E-state index in [2.05, 4.69) is 66.5 Å². The van der Waals surface area contributed by atoms with Crippen molar-refractivity contribution in [2.75, 3.05) is 44.4 Å². The molecular weight excluding hydrogens is 783 g/mol. The number of rotatable bonds is 29. The van der Waals surface area contributed by atoms with Gasteiger partial charge >= 0.3 is 11.9 Å². The van der Waals surface area contributed by atoms with E-state index in [9.17, 15) is 24.6 Å². The van der Waals surface area contributed by atoms with Crippen LogP contribution in [0.25, 0.3) is 0 Å². The number of aryl methyl sites for hydroxylation is 1. The van der Waals surface area contributed by atoms with Crippen LogP contribution in [0.1, 0.15) is 84.6 Å². The van der Waals surface area contributed by atoms with Crippen LogP contribution in [0.5, 0.6) is 11.5 Å². The highest BCUT2D eigenvalue weighted by Gasteiger charge is 2.19. The molecule has 0 bridgehead atoms. The summed E-state index contributed by atoms with van der Waals surface area (Å²) in [5.74, 6) is 0.226. The van der Waals surface area contributed by atoms with Gasteiger partial charge < -0.3 is 23.8 Å². The summed E-state index contributed by atoms with van der Waals surface area (Å²) in [6.45, 7) is 18.9. The Balaban J connectivity index is 2.10. The van der Waals surface area contributed by atoms with Crippen LogP contribution in [-0.2, 0) is 19.1 Å². The number of esters is 2. The molecule has 2 unspecified atom stereocenters. The Bertz CT molecular complexity index is 1980. The number of carbonyl (C=O) groups is 2. The van der Waals surface area contributed by atoms with Crippen LogP contribution in [0.3, 0.4) is 0 Å². The first-order chi connectivity index (χ1) is 29.5. The molecule has 0 amide bonds. The molecule has 0 saturated carbocycles. The molecule has 0 aliphatic heterocycles. The van der Waals surface area contributed by atoms with E-state index in [1.807, 2.05) is 30.0 Å². The molecule has 0 fully saturated rings. The largest absolute Gasteiger partial charge is 0.491 e. The molecular formula is C45H59N7O9. The van der Waals surface area contributed by atoms with Gasteiger partial charge in [0, 0.05) is 42.1 Å². The van der Waals surface area contributed by atoms with Gasteiger partial charge in [0.2, 0.25) is 0 Å². The first-order valence-electron chi connectivity index (χ1n) is 20.8. The molecule has 2 atom stereocenters. The van der Waals surface area contributed by atoms with Crippen LogP contribution in [0.4, 0.5) is 39.8 Å². The number of hydrogen-bond acceptors (Lipinski definition) is 15. The molecule has 0 aliphatic carbocycles. The molecule has 3 aromatic carbocycles. The van der Waals surface area contributed by atoms with Crippen molar-refractivity contribution in [1.29, 1.82) is 0 Å². The van der Waals surface area contributed by atoms with E-state index in [0.717, 1.165) is 80.8 Å². The van der Waals surface area contributed by atoms with Crippen molar-refractivity contribution < 1.29 is 33.5 Å². The van der Waals surface area contributed by atoms with Crippen molar-refractivity contribution in [2.45, 2.75) is 86.0 Å². The molecule has 0 heterocycles. The number of ether oxygens (including phenoxy) is 4. The van der Waals surface area contributed by atoms with Crippen molar-refractivity contribution in [3.8, 4) is 11.5 Å². The van der Waals surface area contributed by atoms with E-state index < -0.39 is 16.9 Å². The first kappa shape index (κ1) is 49.0. The molecule has 0 radical (unpaired) electrons. The molecule has 0 saturated heterocycles. The molecule has 61 heavy (non-hydrogen) atoms. The molecule has 3 rings (SSSR count). The van der Waals surface area contributed by atoms with E-state index in [-0.39, 0.29) is 42.1 Å². The molecule has 0 aliphatic rings. The maximum Gasteiger partial charge on any atom is 0.330 e. The summed E-state index contributed by atoms with van der Waals surface area (Å²) in [4.78, 5) is 47.7. The molecule has 0 spiro atoms. The number of azo groups is 2. The van der Waals surface area contributed by atoms with E-state index in [1.165, 1.54) is 12.1 Å². The van der Waals surface area contributed by atoms with Crippen LogP contribution in [0, 0.1) is 33.8 Å². The number of nitro benzene ring substituents is 1. The molecule has 16 nitrogen and oxygen atoms in total. The Morgan fingerprint density at radius 3 is 1.66 bits per heavy atom. The third kappa shape index (κ3) is 16.3. The summed E-state index contributed by atoms with van der Waals surface area (Å²) >= 11 is 0. The number of carbonyl (C=O) groups excluding carboxylic acids is 2. The van der Waals surface area contributed by atoms with Crippen molar-refractivity contribution in [1.82, 2.24) is 0 Å². The van der Waals surface area contributed by atoms with Gasteiger partial charge in [-0.1, -0.05) is 79.4 Å². The minimum atomic E-state index is -0.616. The summed E-state index contributed by atoms with van der Waals surface area (Å²) in [5, 5.41) is 32.3. The fourth-order valence-corrected chi connectivity index (χ4v) is 6.09. The standard InChI is InChI=1S/C45H59N7O9/c1-8-14-16-33(10-3)30-60-42-29-41(49-47-38-21-19-36(52(56)57)27-39(38)50-55)43(61-31-34(11-4)17-15-9-2)28-40(42)48-46-37-20-18-35(26-32(37)7)51(22-24-58-44(53)12-5)23-25-59-45(54)13-6/h12-13,18-21,26-29,33-34H,5-6,8-11,14-17,22-25,30-31H2,1-4,7H3. The third-order valence-corrected chi connectivity index (χ3v) is 9.97. The summed E-state index contributed by atoms with van der Waals surface area (Å²) in [7, 11) is 0. The van der Waals surface area contributed by atoms with E-state index in [4.69, 9.17) is 18.9 Å². The molecule has 16 heteroatoms. The minimum absolute atomic E-state index is 0.0471. The number of hydrogen-bond donors (Lipinski definition) is 0. The SMILES string of the molecule is C=CC(=O)OCCN(CCOC(=O)C=C)c1ccc(N=Nc2cc(OCC(CC)CCCC)c(N=Nc3ccc([N+](=O)[O-])cc3N=O)cc2OCC(CC)CCCC)c(C)c1. The lowest BCUT2D eigenvalue weighted by Gasteiger charge is -2.25. The fraction of sp³-hybridized carbons (Fsp3) is 0.467. The van der Waals surface area contributed by atoms with Crippen LogP contribution in [0.15, 0.2) is 99.5 Å². The zero-order valence-corrected chi connectivity index (χ0v) is 36.0. The smallest absolute Gasteiger partial charge is 0.330 e. The highest BCUT2D eigenvalue weighted by Crippen LogP contribution is 2.43. The van der Waals surface area contributed by atoms with Gasteiger partial charge in [-0.3, -0.25) is 10.1 Å². The zero-order chi connectivity index (χ0) is 44.6. The number of anilines is 1. The quantitative estimate of drug-likeness (QED) is 0.0162. The number of nitrogens with zero attached hydrogens (tertiary/aromatic N) is 7. The van der Waals surface area contributed by atoms with E-state index in [1.54, 1.807) is 12.1 Å². The predicted octanol–water partition coefficient (Wildman–Crippen LogP) is 12.6. The number of unbranched alkanes of at least 4 members (excludes halogenated alkanes) is 2. The predicted molar refractivity (Wildman–Crippen MR) is 237 cm³/mol. The first-order valence-corrected chi connectivity index (χ1v) is 20.8. The lowest BCUT2D eigenvalue weighted by molar-refractivity contribution is -0.384. The average Bonchev–Trinajstić information content (AvgIpc) is 3.27. The van der Waals surface area contributed by atoms with Gasteiger partial charge in [-0.25, -0.2) is 9.59 Å². The van der Waals surface area contributed by atoms with Crippen LogP contribution >= 0.6 is 0 Å². The molecule has 328 valence electrons. The van der Waals surface area contributed by atoms with Gasteiger partial charge in [0.1, 0.15) is 47.5 Å². The monoisotopic (exact) mass is 841 g/mol. The summed E-state index contributed by atoms with van der Waals surface area (Å²) < 4.78 is 23.3. The number of non-ortho nitro benzene ring substituents is 1. The highest BCUT2D eigenvalue weighted by molar-refractivity contribution is 5.81. The van der Waals surface area contributed by atoms with Crippen molar-refractivity contribution in [3.63, 3.8) is 0 Å². The minimum Gasteiger partial charge on any atom is -0.491 e. The summed E-state index contributed by atoms with van der Waals surface area (Å²) in [5.41, 5.74) is 2.36. The van der Waals surface area contributed by atoms with Gasteiger partial charge in [0.05, 0.1) is 36.9 Å². The second-order valence-corrected chi connectivity index (χ2v) is 14.4. The van der Waals surface area contributed by atoms with Crippen molar-refractivity contribution >= 4 is 51.8 Å². The van der Waals surface area contributed by atoms with Crippen molar-refractivity contribution in [3.05, 3.63) is 94.4 Å². The Hall–Kier alpha value is -6.32. The lowest BCUT2D eigenvalue weighted by atomic mass is 10.0. The number of nitroso groups, excluding NO2 is 1. The van der Waals surface area contributed by atoms with Gasteiger partial charge in [-0.05, 0) is 66.6 Å². The van der Waals surface area contributed by atoms with E-state index >= 15 is 0 Å². The maximum atomic E-state index is 11.7. The van der Waals surface area contributed by atoms with E-state index in [0.29, 0.717) is 54.9 Å². The highest BCUT2D eigenvalue weighted by atomic mass is 16.6. The average molecular weight is 842 g/mol. The number of benzene rings is 3. The van der Waals surface area contributed by atoms with Crippen LogP contribution in [-0.4, -0.2) is 56.4 Å². The van der Waals surface area contributed by atoms with Crippen molar-refractivity contribution in [2.24, 2.45) is 37.5 Å². The van der Waals surface area contributed by atoms with Crippen LogP contribution < -0.4 is 14.4 Å². The lowest BCUT2D eigenvalue weighted by Crippen LogP contribution is -2.32. The third-order valence-electron chi connectivity index (χ3n) is 9.97. The fourth-order valence-electron chi connectivity index (χ4n) is 6.09. The molecule has 0 N–H and O–H groups in total. The van der Waals surface area contributed by atoms with Gasteiger partial charge in [0.15, 0.2) is 0 Å². The molecule has 0 aromatic heterocycles. The molecule has 3 aromatic rings. The maximum absolute atomic E-state index is 11.7. The topological polar surface area (TPSA) is 196 Å². The Kier molecular flexibility index (Phi) is 21.5. The van der Waals surface area contributed by atoms with Gasteiger partial charge in [-0.15, -0.1) is 20.2 Å². The zero-order valence-electron chi connectivity index (χ0n) is 36.0. The summed E-state index contributed by atoms with van der Waals surface area (Å²) in [6, 6.07) is 12.6. The second kappa shape index (κ2) is 26.7. The van der Waals surface area contributed by atoms with Gasteiger partial charge in [-0.2, -0.15) is 5.11 Å². The Morgan fingerprint density at radius 2 is 1.21 bits per heavy atom. The summed E-state index contributed by atoms with van der Waals surface area (Å²) in [6.07, 6.45) is 10.2. The Morgan fingerprint density at radius 1 is 0.721 bits per heavy atom. The Labute approximate surface area is 358 Å². The number of nitro groups is 1. The normalized spacial score (nSPS) is 12.1. The van der Waals surface area contributed by atoms with Gasteiger partial charge in [0.25, 0.3) is 5.69 Å². The second-order valence-electron chi connectivity index (χ2n) is 14.4. The van der Waals surface area contributed by atoms with Crippen LogP contribution in [0.2, 0.25) is 0 Å².